The molecule has 0 saturated carbocycles. The molecule has 0 radical (unpaired) electrons. The standard InChI is InChI=1S/C30H30ClFN4/c1-4-7-21(2)18-19-36(3)30-26-16-14-24(33-20-22-10-12-23(31)13-11-22)15-17-28(26)34-29(35-30)25-8-5-6-9-27(25)32/h5-19,24,33H,4,20H2,1-3H3/b19-18-,21-7+. The Hall–Kier alpha value is -3.54. The fourth-order valence-corrected chi connectivity index (χ4v) is 4.04. The Labute approximate surface area is 217 Å². The number of rotatable bonds is 8. The maximum Gasteiger partial charge on any atom is 0.165 e. The molecular formula is C30H30ClFN4. The molecule has 0 amide bonds. The van der Waals surface area contributed by atoms with Crippen molar-refractivity contribution in [2.45, 2.75) is 32.9 Å². The van der Waals surface area contributed by atoms with Crippen molar-refractivity contribution in [3.05, 3.63) is 112 Å². The zero-order chi connectivity index (χ0) is 25.5. The Morgan fingerprint density at radius 3 is 2.58 bits per heavy atom. The fourth-order valence-electron chi connectivity index (χ4n) is 3.92. The van der Waals surface area contributed by atoms with Crippen LogP contribution in [0.2, 0.25) is 5.02 Å². The van der Waals surface area contributed by atoms with Crippen LogP contribution in [-0.4, -0.2) is 23.1 Å². The smallest absolute Gasteiger partial charge is 0.165 e. The predicted octanol–water partition coefficient (Wildman–Crippen LogP) is 7.44. The van der Waals surface area contributed by atoms with Gasteiger partial charge in [0.15, 0.2) is 5.82 Å². The Morgan fingerprint density at radius 2 is 1.83 bits per heavy atom. The van der Waals surface area contributed by atoms with E-state index in [0.29, 0.717) is 23.8 Å². The molecule has 184 valence electrons. The lowest BCUT2D eigenvalue weighted by Crippen LogP contribution is -2.24. The molecule has 0 saturated heterocycles. The molecule has 1 atom stereocenters. The van der Waals surface area contributed by atoms with Crippen molar-refractivity contribution in [1.29, 1.82) is 0 Å². The molecule has 2 aromatic carbocycles. The van der Waals surface area contributed by atoms with Crippen LogP contribution in [0.1, 0.15) is 37.1 Å². The lowest BCUT2D eigenvalue weighted by molar-refractivity contribution is 0.630. The average molecular weight is 501 g/mol. The van der Waals surface area contributed by atoms with Crippen LogP contribution in [0.3, 0.4) is 0 Å². The van der Waals surface area contributed by atoms with Crippen LogP contribution in [0.25, 0.3) is 23.5 Å². The molecule has 1 aromatic heterocycles. The number of fused-ring (bicyclic) bond motifs is 1. The van der Waals surface area contributed by atoms with Crippen LogP contribution in [0.5, 0.6) is 0 Å². The lowest BCUT2D eigenvalue weighted by atomic mass is 10.1. The molecule has 1 heterocycles. The highest BCUT2D eigenvalue weighted by molar-refractivity contribution is 6.30. The first-order chi connectivity index (χ1) is 17.4. The lowest BCUT2D eigenvalue weighted by Gasteiger charge is -2.18. The van der Waals surface area contributed by atoms with Gasteiger partial charge in [0, 0.05) is 36.4 Å². The van der Waals surface area contributed by atoms with E-state index in [0.717, 1.165) is 28.3 Å². The zero-order valence-electron chi connectivity index (χ0n) is 20.7. The van der Waals surface area contributed by atoms with Crippen molar-refractivity contribution in [3.63, 3.8) is 0 Å². The molecule has 1 N–H and O–H groups in total. The maximum absolute atomic E-state index is 14.6. The number of benzene rings is 2. The van der Waals surface area contributed by atoms with Crippen LogP contribution in [0.15, 0.2) is 84.6 Å². The molecule has 0 spiro atoms. The summed E-state index contributed by atoms with van der Waals surface area (Å²) in [5.74, 6) is 0.713. The summed E-state index contributed by atoms with van der Waals surface area (Å²) in [7, 11) is 1.95. The first-order valence-corrected chi connectivity index (χ1v) is 12.4. The van der Waals surface area contributed by atoms with Crippen LogP contribution in [0.4, 0.5) is 10.2 Å². The van der Waals surface area contributed by atoms with Crippen molar-refractivity contribution in [2.75, 3.05) is 11.9 Å². The first kappa shape index (κ1) is 25.5. The largest absolute Gasteiger partial charge is 0.335 e. The summed E-state index contributed by atoms with van der Waals surface area (Å²) in [5, 5.41) is 4.25. The van der Waals surface area contributed by atoms with Crippen molar-refractivity contribution >= 4 is 29.6 Å². The summed E-state index contributed by atoms with van der Waals surface area (Å²) in [4.78, 5) is 11.5. The molecule has 1 aliphatic carbocycles. The van der Waals surface area contributed by atoms with Crippen LogP contribution < -0.4 is 10.2 Å². The molecule has 0 aliphatic heterocycles. The fraction of sp³-hybridized carbons (Fsp3) is 0.200. The van der Waals surface area contributed by atoms with Gasteiger partial charge in [-0.1, -0.05) is 72.7 Å². The molecule has 1 aliphatic rings. The summed E-state index contributed by atoms with van der Waals surface area (Å²) < 4.78 is 14.6. The van der Waals surface area contributed by atoms with E-state index in [-0.39, 0.29) is 11.9 Å². The van der Waals surface area contributed by atoms with E-state index in [1.165, 1.54) is 11.6 Å². The van der Waals surface area contributed by atoms with E-state index >= 15 is 0 Å². The summed E-state index contributed by atoms with van der Waals surface area (Å²) in [6.07, 6.45) is 15.3. The molecule has 4 nitrogen and oxygen atoms in total. The number of halogens is 2. The monoisotopic (exact) mass is 500 g/mol. The van der Waals surface area contributed by atoms with Gasteiger partial charge in [-0.05, 0) is 55.3 Å². The van der Waals surface area contributed by atoms with E-state index in [9.17, 15) is 4.39 Å². The molecule has 6 heteroatoms. The number of hydrogen-bond acceptors (Lipinski definition) is 4. The Balaban J connectivity index is 1.68. The van der Waals surface area contributed by atoms with Gasteiger partial charge in [0.05, 0.1) is 11.3 Å². The second-order valence-corrected chi connectivity index (χ2v) is 9.12. The molecular weight excluding hydrogens is 471 g/mol. The number of anilines is 1. The van der Waals surface area contributed by atoms with Gasteiger partial charge in [-0.3, -0.25) is 0 Å². The third-order valence-corrected chi connectivity index (χ3v) is 6.13. The predicted molar refractivity (Wildman–Crippen MR) is 149 cm³/mol. The minimum absolute atomic E-state index is 0.00443. The van der Waals surface area contributed by atoms with E-state index < -0.39 is 0 Å². The topological polar surface area (TPSA) is 41.1 Å². The number of hydrogen-bond donors (Lipinski definition) is 1. The average Bonchev–Trinajstić information content (AvgIpc) is 3.09. The number of nitrogens with one attached hydrogen (secondary N) is 1. The Morgan fingerprint density at radius 1 is 1.08 bits per heavy atom. The second-order valence-electron chi connectivity index (χ2n) is 8.68. The summed E-state index contributed by atoms with van der Waals surface area (Å²) >= 11 is 6.01. The van der Waals surface area contributed by atoms with E-state index in [1.54, 1.807) is 18.2 Å². The van der Waals surface area contributed by atoms with Gasteiger partial charge in [-0.2, -0.15) is 0 Å². The zero-order valence-corrected chi connectivity index (χ0v) is 21.5. The van der Waals surface area contributed by atoms with Gasteiger partial charge >= 0.3 is 0 Å². The molecule has 4 rings (SSSR count). The minimum atomic E-state index is -0.348. The van der Waals surface area contributed by atoms with Gasteiger partial charge in [0.2, 0.25) is 0 Å². The van der Waals surface area contributed by atoms with Crippen LogP contribution in [0, 0.1) is 5.82 Å². The quantitative estimate of drug-likeness (QED) is 0.326. The van der Waals surface area contributed by atoms with Crippen molar-refractivity contribution in [1.82, 2.24) is 15.3 Å². The molecule has 1 unspecified atom stereocenters. The van der Waals surface area contributed by atoms with Gasteiger partial charge in [-0.25, -0.2) is 14.4 Å². The van der Waals surface area contributed by atoms with Crippen molar-refractivity contribution in [2.24, 2.45) is 0 Å². The summed E-state index contributed by atoms with van der Waals surface area (Å²) in [6.45, 7) is 4.87. The molecule has 0 bridgehead atoms. The molecule has 0 fully saturated rings. The second kappa shape index (κ2) is 11.9. The first-order valence-electron chi connectivity index (χ1n) is 12.0. The Bertz CT molecular complexity index is 1330. The van der Waals surface area contributed by atoms with Crippen molar-refractivity contribution < 1.29 is 4.39 Å². The normalized spacial score (nSPS) is 15.2. The maximum atomic E-state index is 14.6. The third-order valence-electron chi connectivity index (χ3n) is 5.88. The van der Waals surface area contributed by atoms with Gasteiger partial charge < -0.3 is 10.2 Å². The highest BCUT2D eigenvalue weighted by Gasteiger charge is 2.18. The van der Waals surface area contributed by atoms with E-state index in [2.05, 4.69) is 37.4 Å². The van der Waals surface area contributed by atoms with Crippen LogP contribution >= 0.6 is 11.6 Å². The minimum Gasteiger partial charge on any atom is -0.335 e. The van der Waals surface area contributed by atoms with Gasteiger partial charge in [0.1, 0.15) is 11.6 Å². The summed E-state index contributed by atoms with van der Waals surface area (Å²) in [6, 6.07) is 14.4. The van der Waals surface area contributed by atoms with Crippen LogP contribution in [-0.2, 0) is 6.54 Å². The Kier molecular flexibility index (Phi) is 8.47. The molecule has 3 aromatic rings. The third kappa shape index (κ3) is 6.36. The van der Waals surface area contributed by atoms with Gasteiger partial charge in [-0.15, -0.1) is 0 Å². The van der Waals surface area contributed by atoms with Crippen molar-refractivity contribution in [3.8, 4) is 11.4 Å². The van der Waals surface area contributed by atoms with Gasteiger partial charge in [0.25, 0.3) is 0 Å². The highest BCUT2D eigenvalue weighted by Crippen LogP contribution is 2.30. The SMILES string of the molecule is CC/C=C(C)/C=C\N(C)c1nc(-c2ccccc2F)nc2c1C=CC(NCc1ccc(Cl)cc1)C=C2. The number of allylic oxidation sites excluding steroid dienone is 3. The number of aromatic nitrogens is 2. The van der Waals surface area contributed by atoms with E-state index in [4.69, 9.17) is 21.6 Å². The highest BCUT2D eigenvalue weighted by atomic mass is 35.5. The molecule has 36 heavy (non-hydrogen) atoms. The number of nitrogens with zero attached hydrogens (tertiary/aromatic N) is 3. The summed E-state index contributed by atoms with van der Waals surface area (Å²) in [5.41, 5.74) is 4.31. The van der Waals surface area contributed by atoms with E-state index in [1.807, 2.05) is 60.6 Å².